The van der Waals surface area contributed by atoms with Gasteiger partial charge in [0.1, 0.15) is 5.82 Å². The molecule has 36 heavy (non-hydrogen) atoms. The van der Waals surface area contributed by atoms with Crippen LogP contribution in [0.4, 0.5) is 4.39 Å². The number of rotatable bonds is 7. The first-order valence-corrected chi connectivity index (χ1v) is 12.5. The Morgan fingerprint density at radius 1 is 1.00 bits per heavy atom. The smallest absolute Gasteiger partial charge is 0.250 e. The zero-order valence-corrected chi connectivity index (χ0v) is 21.5. The van der Waals surface area contributed by atoms with Gasteiger partial charge < -0.3 is 0 Å². The zero-order chi connectivity index (χ0) is 25.7. The van der Waals surface area contributed by atoms with Crippen molar-refractivity contribution in [3.63, 3.8) is 0 Å². The summed E-state index contributed by atoms with van der Waals surface area (Å²) in [4.78, 5) is 12.4. The third-order valence-electron chi connectivity index (χ3n) is 5.54. The molecular formula is C28H28FN5OS. The Morgan fingerprint density at radius 2 is 1.67 bits per heavy atom. The molecule has 0 saturated carbocycles. The molecule has 1 amide bonds. The fraction of sp³-hybridized carbons (Fsp3) is 0.214. The number of nitrogens with zero attached hydrogens (tertiary/aromatic N) is 4. The van der Waals surface area contributed by atoms with Gasteiger partial charge in [-0.3, -0.25) is 9.36 Å². The second kappa shape index (κ2) is 10.9. The minimum absolute atomic E-state index is 0.0523. The van der Waals surface area contributed by atoms with E-state index < -0.39 is 0 Å². The van der Waals surface area contributed by atoms with E-state index in [1.165, 1.54) is 35.7 Å². The first kappa shape index (κ1) is 25.3. The lowest BCUT2D eigenvalue weighted by atomic mass is 9.87. The van der Waals surface area contributed by atoms with Crippen molar-refractivity contribution < 1.29 is 9.18 Å². The van der Waals surface area contributed by atoms with E-state index in [0.29, 0.717) is 16.5 Å². The number of amides is 1. The fourth-order valence-electron chi connectivity index (χ4n) is 3.49. The second-order valence-corrected chi connectivity index (χ2v) is 10.4. The highest BCUT2D eigenvalue weighted by Gasteiger charge is 2.19. The molecule has 0 aliphatic rings. The number of carbonyl (C=O) groups excluding carboxylic acids is 1. The van der Waals surface area contributed by atoms with Crippen LogP contribution in [-0.2, 0) is 10.2 Å². The number of thioether (sulfide) groups is 1. The predicted octanol–water partition coefficient (Wildman–Crippen LogP) is 5.92. The van der Waals surface area contributed by atoms with Crippen molar-refractivity contribution in [3.8, 4) is 17.1 Å². The summed E-state index contributed by atoms with van der Waals surface area (Å²) < 4.78 is 15.0. The van der Waals surface area contributed by atoms with Crippen molar-refractivity contribution in [2.75, 3.05) is 5.75 Å². The molecule has 0 atom stereocenters. The summed E-state index contributed by atoms with van der Waals surface area (Å²) in [5, 5.41) is 13.4. The Morgan fingerprint density at radius 3 is 2.31 bits per heavy atom. The summed E-state index contributed by atoms with van der Waals surface area (Å²) in [6, 6.07) is 22.3. The Bertz CT molecular complexity index is 1360. The number of hydrogen-bond donors (Lipinski definition) is 1. The van der Waals surface area contributed by atoms with Crippen molar-refractivity contribution in [3.05, 3.63) is 95.3 Å². The number of aromatic nitrogens is 3. The molecule has 0 aliphatic carbocycles. The number of aryl methyl sites for hydroxylation is 1. The predicted molar refractivity (Wildman–Crippen MR) is 143 cm³/mol. The minimum Gasteiger partial charge on any atom is -0.272 e. The average molecular weight is 502 g/mol. The van der Waals surface area contributed by atoms with Crippen LogP contribution < -0.4 is 5.43 Å². The summed E-state index contributed by atoms with van der Waals surface area (Å²) in [6.45, 7) is 8.58. The standard InChI is InChI=1S/C28H28FN5OS/c1-19-5-15-24(16-6-19)34-26(21-9-11-22(12-10-21)28(2,3)4)32-33-27(34)36-18-25(35)31-30-17-20-7-13-23(29)14-8-20/h5-17H,18H2,1-4H3,(H,31,35). The van der Waals surface area contributed by atoms with E-state index in [0.717, 1.165) is 16.8 Å². The monoisotopic (exact) mass is 501 g/mol. The Hall–Kier alpha value is -3.78. The largest absolute Gasteiger partial charge is 0.272 e. The molecular weight excluding hydrogens is 473 g/mol. The molecule has 3 aromatic carbocycles. The van der Waals surface area contributed by atoms with Crippen LogP contribution in [0.25, 0.3) is 17.1 Å². The molecule has 0 aliphatic heterocycles. The number of benzene rings is 3. The van der Waals surface area contributed by atoms with Gasteiger partial charge in [0.15, 0.2) is 11.0 Å². The highest BCUT2D eigenvalue weighted by Crippen LogP contribution is 2.30. The minimum atomic E-state index is -0.324. The molecule has 1 heterocycles. The summed E-state index contributed by atoms with van der Waals surface area (Å²) >= 11 is 1.28. The molecule has 0 spiro atoms. The summed E-state index contributed by atoms with van der Waals surface area (Å²) in [7, 11) is 0. The number of hydrogen-bond acceptors (Lipinski definition) is 5. The molecule has 0 saturated heterocycles. The lowest BCUT2D eigenvalue weighted by molar-refractivity contribution is -0.118. The third-order valence-corrected chi connectivity index (χ3v) is 6.47. The van der Waals surface area contributed by atoms with Gasteiger partial charge >= 0.3 is 0 Å². The van der Waals surface area contributed by atoms with Gasteiger partial charge in [0.05, 0.1) is 12.0 Å². The van der Waals surface area contributed by atoms with Crippen LogP contribution in [0.5, 0.6) is 0 Å². The molecule has 0 fully saturated rings. The van der Waals surface area contributed by atoms with Crippen LogP contribution in [0.15, 0.2) is 83.1 Å². The number of carbonyl (C=O) groups is 1. The molecule has 4 rings (SSSR count). The second-order valence-electron chi connectivity index (χ2n) is 9.44. The van der Waals surface area contributed by atoms with E-state index in [4.69, 9.17) is 0 Å². The molecule has 4 aromatic rings. The highest BCUT2D eigenvalue weighted by atomic mass is 32.2. The number of nitrogens with one attached hydrogen (secondary N) is 1. The van der Waals surface area contributed by atoms with Crippen LogP contribution >= 0.6 is 11.8 Å². The molecule has 0 bridgehead atoms. The van der Waals surface area contributed by atoms with E-state index >= 15 is 0 Å². The van der Waals surface area contributed by atoms with Gasteiger partial charge in [-0.05, 0) is 47.7 Å². The molecule has 1 N–H and O–H groups in total. The zero-order valence-electron chi connectivity index (χ0n) is 20.7. The molecule has 184 valence electrons. The SMILES string of the molecule is Cc1ccc(-n2c(SCC(=O)NN=Cc3ccc(F)cc3)nnc2-c2ccc(C(C)(C)C)cc2)cc1. The van der Waals surface area contributed by atoms with Crippen LogP contribution in [0.2, 0.25) is 0 Å². The van der Waals surface area contributed by atoms with Gasteiger partial charge in [-0.15, -0.1) is 10.2 Å². The number of hydrazone groups is 1. The van der Waals surface area contributed by atoms with Gasteiger partial charge in [-0.25, -0.2) is 9.82 Å². The normalized spacial score (nSPS) is 11.7. The van der Waals surface area contributed by atoms with Gasteiger partial charge in [-0.1, -0.05) is 86.6 Å². The summed E-state index contributed by atoms with van der Waals surface area (Å²) in [6.07, 6.45) is 1.47. The van der Waals surface area contributed by atoms with Crippen LogP contribution in [0.1, 0.15) is 37.5 Å². The van der Waals surface area contributed by atoms with E-state index in [2.05, 4.69) is 65.8 Å². The average Bonchev–Trinajstić information content (AvgIpc) is 3.28. The fourth-order valence-corrected chi connectivity index (χ4v) is 4.23. The van der Waals surface area contributed by atoms with Crippen molar-refractivity contribution in [1.29, 1.82) is 0 Å². The molecule has 1 aromatic heterocycles. The topological polar surface area (TPSA) is 72.2 Å². The summed E-state index contributed by atoms with van der Waals surface area (Å²) in [5.41, 5.74) is 7.48. The third kappa shape index (κ3) is 6.26. The van der Waals surface area contributed by atoms with Crippen LogP contribution in [-0.4, -0.2) is 32.6 Å². The molecule has 0 radical (unpaired) electrons. The van der Waals surface area contributed by atoms with Gasteiger partial charge in [0.2, 0.25) is 0 Å². The number of halogens is 1. The van der Waals surface area contributed by atoms with Crippen molar-refractivity contribution in [2.24, 2.45) is 5.10 Å². The van der Waals surface area contributed by atoms with E-state index in [1.54, 1.807) is 12.1 Å². The Labute approximate surface area is 214 Å². The molecule has 8 heteroatoms. The van der Waals surface area contributed by atoms with E-state index in [9.17, 15) is 9.18 Å². The highest BCUT2D eigenvalue weighted by molar-refractivity contribution is 7.99. The van der Waals surface area contributed by atoms with Crippen LogP contribution in [0.3, 0.4) is 0 Å². The maximum absolute atomic E-state index is 13.0. The Kier molecular flexibility index (Phi) is 7.64. The Balaban J connectivity index is 1.53. The first-order valence-electron chi connectivity index (χ1n) is 11.5. The van der Waals surface area contributed by atoms with Gasteiger partial charge in [-0.2, -0.15) is 5.10 Å². The van der Waals surface area contributed by atoms with Crippen molar-refractivity contribution in [2.45, 2.75) is 38.3 Å². The van der Waals surface area contributed by atoms with Crippen molar-refractivity contribution in [1.82, 2.24) is 20.2 Å². The lowest BCUT2D eigenvalue weighted by Crippen LogP contribution is -2.20. The van der Waals surface area contributed by atoms with E-state index in [-0.39, 0.29) is 22.9 Å². The maximum atomic E-state index is 13.0. The van der Waals surface area contributed by atoms with Crippen molar-refractivity contribution >= 4 is 23.9 Å². The quantitative estimate of drug-likeness (QED) is 0.194. The molecule has 6 nitrogen and oxygen atoms in total. The van der Waals surface area contributed by atoms with Crippen LogP contribution in [0, 0.1) is 12.7 Å². The van der Waals surface area contributed by atoms with Gasteiger partial charge in [0.25, 0.3) is 5.91 Å². The molecule has 0 unspecified atom stereocenters. The maximum Gasteiger partial charge on any atom is 0.250 e. The van der Waals surface area contributed by atoms with E-state index in [1.807, 2.05) is 35.8 Å². The summed E-state index contributed by atoms with van der Waals surface area (Å²) in [5.74, 6) is 0.201. The lowest BCUT2D eigenvalue weighted by Gasteiger charge is -2.19. The van der Waals surface area contributed by atoms with Gasteiger partial charge in [0, 0.05) is 11.3 Å². The first-order chi connectivity index (χ1) is 17.2.